The highest BCUT2D eigenvalue weighted by molar-refractivity contribution is 5.92. The Bertz CT molecular complexity index is 1260. The van der Waals surface area contributed by atoms with Crippen molar-refractivity contribution in [2.75, 3.05) is 5.32 Å². The Morgan fingerprint density at radius 2 is 1.87 bits per heavy atom. The molecule has 31 heavy (non-hydrogen) atoms. The van der Waals surface area contributed by atoms with Gasteiger partial charge in [-0.3, -0.25) is 24.7 Å². The van der Waals surface area contributed by atoms with Crippen molar-refractivity contribution in [2.24, 2.45) is 0 Å². The first-order valence-electron chi connectivity index (χ1n) is 9.61. The molecule has 7 nitrogen and oxygen atoms in total. The van der Waals surface area contributed by atoms with Crippen LogP contribution in [-0.4, -0.2) is 25.8 Å². The van der Waals surface area contributed by atoms with Crippen molar-refractivity contribution in [2.45, 2.75) is 13.3 Å². The van der Waals surface area contributed by atoms with E-state index in [2.05, 4.69) is 31.3 Å². The highest BCUT2D eigenvalue weighted by Crippen LogP contribution is 2.25. The fourth-order valence-corrected chi connectivity index (χ4v) is 3.20. The third-order valence-electron chi connectivity index (χ3n) is 4.65. The standard InChI is InChI=1S/C24H18N6O/c1-16-10-18(6-7-27-16)21-4-2-17(11-19(21)13-25)12-24(31)30-20-3-5-22(29-14-20)23-15-26-8-9-28-23/h2-11,14-15H,12H2,1H3,(H,30,31). The highest BCUT2D eigenvalue weighted by Gasteiger charge is 2.10. The number of anilines is 1. The third kappa shape index (κ3) is 4.77. The molecule has 0 aliphatic heterocycles. The number of carbonyl (C=O) groups excluding carboxylic acids is 1. The second-order valence-corrected chi connectivity index (χ2v) is 6.93. The van der Waals surface area contributed by atoms with Crippen LogP contribution < -0.4 is 5.32 Å². The van der Waals surface area contributed by atoms with Gasteiger partial charge in [-0.25, -0.2) is 0 Å². The van der Waals surface area contributed by atoms with Crippen LogP contribution >= 0.6 is 0 Å². The van der Waals surface area contributed by atoms with Crippen LogP contribution in [0.3, 0.4) is 0 Å². The second-order valence-electron chi connectivity index (χ2n) is 6.93. The van der Waals surface area contributed by atoms with E-state index in [-0.39, 0.29) is 12.3 Å². The molecule has 0 radical (unpaired) electrons. The van der Waals surface area contributed by atoms with Crippen LogP contribution in [-0.2, 0) is 11.2 Å². The van der Waals surface area contributed by atoms with E-state index < -0.39 is 0 Å². The van der Waals surface area contributed by atoms with E-state index >= 15 is 0 Å². The number of nitrogens with one attached hydrogen (secondary N) is 1. The van der Waals surface area contributed by atoms with Crippen LogP contribution in [0, 0.1) is 18.3 Å². The van der Waals surface area contributed by atoms with Gasteiger partial charge in [0.2, 0.25) is 5.91 Å². The smallest absolute Gasteiger partial charge is 0.228 e. The number of carbonyl (C=O) groups is 1. The molecular weight excluding hydrogens is 388 g/mol. The van der Waals surface area contributed by atoms with Crippen LogP contribution in [0.5, 0.6) is 0 Å². The van der Waals surface area contributed by atoms with E-state index in [1.54, 1.807) is 49.2 Å². The minimum Gasteiger partial charge on any atom is -0.324 e. The number of hydrogen-bond donors (Lipinski definition) is 1. The summed E-state index contributed by atoms with van der Waals surface area (Å²) in [7, 11) is 0. The Hall–Kier alpha value is -4.44. The van der Waals surface area contributed by atoms with Crippen molar-refractivity contribution >= 4 is 11.6 Å². The van der Waals surface area contributed by atoms with Crippen LogP contribution in [0.15, 0.2) is 73.4 Å². The zero-order chi connectivity index (χ0) is 21.6. The predicted molar refractivity (Wildman–Crippen MR) is 117 cm³/mol. The summed E-state index contributed by atoms with van der Waals surface area (Å²) in [5, 5.41) is 12.4. The molecule has 0 unspecified atom stereocenters. The zero-order valence-corrected chi connectivity index (χ0v) is 16.8. The van der Waals surface area contributed by atoms with E-state index in [1.165, 1.54) is 0 Å². The Morgan fingerprint density at radius 3 is 2.58 bits per heavy atom. The van der Waals surface area contributed by atoms with Gasteiger partial charge in [0.15, 0.2) is 0 Å². The van der Waals surface area contributed by atoms with E-state index in [4.69, 9.17) is 0 Å². The molecule has 0 atom stereocenters. The quantitative estimate of drug-likeness (QED) is 0.538. The number of rotatable bonds is 5. The largest absolute Gasteiger partial charge is 0.324 e. The summed E-state index contributed by atoms with van der Waals surface area (Å²) in [4.78, 5) is 29.2. The lowest BCUT2D eigenvalue weighted by Crippen LogP contribution is -2.14. The first-order valence-corrected chi connectivity index (χ1v) is 9.61. The van der Waals surface area contributed by atoms with Gasteiger partial charge >= 0.3 is 0 Å². The molecule has 1 N–H and O–H groups in total. The molecule has 0 aliphatic rings. The van der Waals surface area contributed by atoms with E-state index in [9.17, 15) is 10.1 Å². The molecule has 0 aliphatic carbocycles. The average molecular weight is 406 g/mol. The number of pyridine rings is 2. The summed E-state index contributed by atoms with van der Waals surface area (Å²) in [6.07, 6.45) is 8.28. The number of nitrogens with zero attached hydrogens (tertiary/aromatic N) is 5. The van der Waals surface area contributed by atoms with Crippen molar-refractivity contribution in [3.63, 3.8) is 0 Å². The van der Waals surface area contributed by atoms with Gasteiger partial charge in [0, 0.05) is 24.3 Å². The van der Waals surface area contributed by atoms with Crippen molar-refractivity contribution in [3.8, 4) is 28.6 Å². The summed E-state index contributed by atoms with van der Waals surface area (Å²) < 4.78 is 0. The van der Waals surface area contributed by atoms with Gasteiger partial charge in [-0.1, -0.05) is 12.1 Å². The lowest BCUT2D eigenvalue weighted by Gasteiger charge is -2.09. The molecule has 0 bridgehead atoms. The summed E-state index contributed by atoms with van der Waals surface area (Å²) in [5.74, 6) is -0.189. The van der Waals surface area contributed by atoms with Crippen molar-refractivity contribution in [1.29, 1.82) is 5.26 Å². The van der Waals surface area contributed by atoms with E-state index in [0.29, 0.717) is 22.6 Å². The number of nitriles is 1. The van der Waals surface area contributed by atoms with Gasteiger partial charge in [-0.05, 0) is 53.9 Å². The summed E-state index contributed by atoms with van der Waals surface area (Å²) in [5.41, 5.74) is 5.82. The number of hydrogen-bond acceptors (Lipinski definition) is 6. The van der Waals surface area contributed by atoms with Crippen molar-refractivity contribution in [3.05, 3.63) is 90.3 Å². The molecule has 4 rings (SSSR count). The summed E-state index contributed by atoms with van der Waals surface area (Å²) >= 11 is 0. The second kappa shape index (κ2) is 8.93. The fraction of sp³-hybridized carbons (Fsp3) is 0.0833. The van der Waals surface area contributed by atoms with Gasteiger partial charge in [0.25, 0.3) is 0 Å². The Kier molecular flexibility index (Phi) is 5.72. The van der Waals surface area contributed by atoms with Crippen molar-refractivity contribution in [1.82, 2.24) is 19.9 Å². The molecule has 0 saturated heterocycles. The number of aryl methyl sites for hydroxylation is 1. The van der Waals surface area contributed by atoms with Crippen LogP contribution in [0.4, 0.5) is 5.69 Å². The zero-order valence-electron chi connectivity index (χ0n) is 16.8. The minimum atomic E-state index is -0.189. The highest BCUT2D eigenvalue weighted by atomic mass is 16.1. The first-order chi connectivity index (χ1) is 15.1. The molecular formula is C24H18N6O. The monoisotopic (exact) mass is 406 g/mol. The third-order valence-corrected chi connectivity index (χ3v) is 4.65. The SMILES string of the molecule is Cc1cc(-c2ccc(CC(=O)Nc3ccc(-c4cnccn4)nc3)cc2C#N)ccn1. The molecule has 0 spiro atoms. The maximum absolute atomic E-state index is 12.5. The van der Waals surface area contributed by atoms with Gasteiger partial charge < -0.3 is 5.32 Å². The molecule has 1 aromatic carbocycles. The molecule has 4 aromatic rings. The Balaban J connectivity index is 1.46. The molecule has 0 fully saturated rings. The van der Waals surface area contributed by atoms with Gasteiger partial charge in [-0.2, -0.15) is 5.26 Å². The lowest BCUT2D eigenvalue weighted by molar-refractivity contribution is -0.115. The lowest BCUT2D eigenvalue weighted by atomic mass is 9.97. The number of benzene rings is 1. The van der Waals surface area contributed by atoms with E-state index in [1.807, 2.05) is 31.2 Å². The molecule has 3 aromatic heterocycles. The fourth-order valence-electron chi connectivity index (χ4n) is 3.20. The molecule has 1 amide bonds. The minimum absolute atomic E-state index is 0.149. The first kappa shape index (κ1) is 19.9. The average Bonchev–Trinajstić information content (AvgIpc) is 2.80. The molecule has 7 heteroatoms. The van der Waals surface area contributed by atoms with Crippen LogP contribution in [0.2, 0.25) is 0 Å². The topological polar surface area (TPSA) is 104 Å². The Morgan fingerprint density at radius 1 is 0.968 bits per heavy atom. The molecule has 150 valence electrons. The van der Waals surface area contributed by atoms with Gasteiger partial charge in [0.05, 0.1) is 41.8 Å². The number of amides is 1. The molecule has 3 heterocycles. The normalized spacial score (nSPS) is 10.3. The van der Waals surface area contributed by atoms with Gasteiger partial charge in [-0.15, -0.1) is 0 Å². The summed E-state index contributed by atoms with van der Waals surface area (Å²) in [6.45, 7) is 1.91. The summed E-state index contributed by atoms with van der Waals surface area (Å²) in [6, 6.07) is 15.1. The predicted octanol–water partition coefficient (Wildman–Crippen LogP) is 3.96. The molecule has 0 saturated carbocycles. The maximum atomic E-state index is 12.5. The van der Waals surface area contributed by atoms with Gasteiger partial charge in [0.1, 0.15) is 5.69 Å². The maximum Gasteiger partial charge on any atom is 0.228 e. The Labute approximate surface area is 179 Å². The van der Waals surface area contributed by atoms with Crippen LogP contribution in [0.25, 0.3) is 22.5 Å². The number of aromatic nitrogens is 4. The van der Waals surface area contributed by atoms with Crippen molar-refractivity contribution < 1.29 is 4.79 Å². The van der Waals surface area contributed by atoms with Crippen LogP contribution in [0.1, 0.15) is 16.8 Å². The van der Waals surface area contributed by atoms with E-state index in [0.717, 1.165) is 22.4 Å².